The number of fused-ring (bicyclic) bond motifs is 1. The number of imidazole rings is 1. The summed E-state index contributed by atoms with van der Waals surface area (Å²) in [5.74, 6) is 0.467. The number of aromatic nitrogens is 4. The van der Waals surface area contributed by atoms with Crippen molar-refractivity contribution < 1.29 is 33.2 Å². The Hall–Kier alpha value is -5.15. The summed E-state index contributed by atoms with van der Waals surface area (Å²) in [5.41, 5.74) is 14.2. The number of aryl methyl sites for hydroxylation is 1. The highest BCUT2D eigenvalue weighted by Gasteiger charge is 2.30. The summed E-state index contributed by atoms with van der Waals surface area (Å²) in [6.45, 7) is 5.63. The zero-order valence-corrected chi connectivity index (χ0v) is 28.6. The molecule has 0 bridgehead atoms. The molecule has 0 saturated carbocycles. The summed E-state index contributed by atoms with van der Waals surface area (Å²) in [6.07, 6.45) is 1.49. The van der Waals surface area contributed by atoms with Gasteiger partial charge in [-0.3, -0.25) is 9.59 Å². The predicted octanol–water partition coefficient (Wildman–Crippen LogP) is 2.53. The Kier molecular flexibility index (Phi) is 10.8. The predicted molar refractivity (Wildman–Crippen MR) is 184 cm³/mol. The number of anilines is 2. The molecule has 2 aliphatic heterocycles. The molecule has 264 valence electrons. The monoisotopic (exact) mass is 706 g/mol. The molecule has 1 atom stereocenters. The summed E-state index contributed by atoms with van der Waals surface area (Å²) in [6, 6.07) is 15.2. The maximum atomic E-state index is 13.1. The number of halogens is 1. The molecular formula is C34H41ClN9O6+. The first-order valence-electron chi connectivity index (χ1n) is 16.6. The van der Waals surface area contributed by atoms with E-state index in [-0.39, 0.29) is 54.3 Å². The van der Waals surface area contributed by atoms with Gasteiger partial charge < -0.3 is 40.8 Å². The van der Waals surface area contributed by atoms with E-state index in [1.165, 1.54) is 0 Å². The minimum Gasteiger partial charge on any atom is -0.484 e. The molecule has 0 radical (unpaired) electrons. The zero-order chi connectivity index (χ0) is 35.2. The number of benzene rings is 2. The molecule has 2 aliphatic rings. The lowest BCUT2D eigenvalue weighted by Crippen LogP contribution is -2.51. The molecule has 2 aromatic carbocycles. The molecule has 5 N–H and O–H groups in total. The third-order valence-electron chi connectivity index (χ3n) is 8.86. The van der Waals surface area contributed by atoms with Gasteiger partial charge in [0.15, 0.2) is 40.1 Å². The number of nitrogens with two attached hydrogens (primary N) is 2. The zero-order valence-electron chi connectivity index (χ0n) is 27.8. The quantitative estimate of drug-likeness (QED) is 0.196. The molecule has 15 nitrogen and oxygen atoms in total. The van der Waals surface area contributed by atoms with E-state index in [1.54, 1.807) is 9.80 Å². The lowest BCUT2D eigenvalue weighted by molar-refractivity contribution is -0.676. The second-order valence-corrected chi connectivity index (χ2v) is 12.4. The highest BCUT2D eigenvalue weighted by Crippen LogP contribution is 2.25. The van der Waals surface area contributed by atoms with Gasteiger partial charge in [-0.15, -0.1) is 0 Å². The minimum atomic E-state index is -0.541. The Balaban J connectivity index is 1.12. The van der Waals surface area contributed by atoms with E-state index in [4.69, 9.17) is 37.3 Å². The molecule has 2 fully saturated rings. The van der Waals surface area contributed by atoms with Crippen molar-refractivity contribution in [3.05, 3.63) is 70.8 Å². The van der Waals surface area contributed by atoms with Gasteiger partial charge in [0, 0.05) is 38.9 Å². The van der Waals surface area contributed by atoms with Crippen LogP contribution in [-0.4, -0.2) is 87.7 Å². The van der Waals surface area contributed by atoms with Gasteiger partial charge in [0.1, 0.15) is 25.4 Å². The average molecular weight is 707 g/mol. The fourth-order valence-electron chi connectivity index (χ4n) is 6.24. The summed E-state index contributed by atoms with van der Waals surface area (Å²) < 4.78 is 21.7. The van der Waals surface area contributed by atoms with Crippen LogP contribution in [0.3, 0.4) is 0 Å². The fourth-order valence-corrected chi connectivity index (χ4v) is 6.36. The Bertz CT molecular complexity index is 1860. The van der Waals surface area contributed by atoms with Crippen molar-refractivity contribution in [1.29, 1.82) is 0 Å². The number of nitrogens with zero attached hydrogens (tertiary/aromatic N) is 6. The van der Waals surface area contributed by atoms with Crippen molar-refractivity contribution in [2.45, 2.75) is 52.1 Å². The maximum absolute atomic E-state index is 13.1. The first-order chi connectivity index (χ1) is 24.2. The van der Waals surface area contributed by atoms with Crippen LogP contribution in [0, 0.1) is 0 Å². The van der Waals surface area contributed by atoms with Gasteiger partial charge in [-0.2, -0.15) is 0 Å². The summed E-state index contributed by atoms with van der Waals surface area (Å²) >= 11 is 6.01. The van der Waals surface area contributed by atoms with E-state index in [2.05, 4.69) is 24.4 Å². The Labute approximate surface area is 294 Å². The van der Waals surface area contributed by atoms with E-state index >= 15 is 0 Å². The molecule has 0 aliphatic carbocycles. The molecule has 2 aromatic heterocycles. The van der Waals surface area contributed by atoms with Crippen molar-refractivity contribution in [2.24, 2.45) is 0 Å². The second kappa shape index (κ2) is 15.6. The SMILES string of the molecule is CC[n+]1c(CNC(=O)c2nc(Cl)c(N)nc2N)n(CC2CCCO2)c2cc(OCC(=O)N3CCN(C(=O)OCc4ccccc4)CC3)ccc21. The fraction of sp³-hybridized carbons (Fsp3) is 0.412. The van der Waals surface area contributed by atoms with Crippen LogP contribution >= 0.6 is 11.6 Å². The Morgan fingerprint density at radius 3 is 2.52 bits per heavy atom. The number of hydrogen-bond acceptors (Lipinski definition) is 10. The normalized spacial score (nSPS) is 16.1. The molecular weight excluding hydrogens is 666 g/mol. The number of hydrogen-bond donors (Lipinski definition) is 3. The van der Waals surface area contributed by atoms with Crippen LogP contribution in [-0.2, 0) is 40.5 Å². The topological polar surface area (TPSA) is 184 Å². The van der Waals surface area contributed by atoms with Gasteiger partial charge in [0.05, 0.1) is 12.6 Å². The molecule has 16 heteroatoms. The first kappa shape index (κ1) is 34.7. The Morgan fingerprint density at radius 2 is 1.80 bits per heavy atom. The number of carbonyl (C=O) groups excluding carboxylic acids is 3. The van der Waals surface area contributed by atoms with E-state index in [1.807, 2.05) is 55.5 Å². The number of nitrogen functional groups attached to an aromatic ring is 2. The van der Waals surface area contributed by atoms with Crippen molar-refractivity contribution in [2.75, 3.05) is 50.9 Å². The van der Waals surface area contributed by atoms with Crippen molar-refractivity contribution in [1.82, 2.24) is 29.7 Å². The third-order valence-corrected chi connectivity index (χ3v) is 9.14. The molecule has 6 rings (SSSR count). The van der Waals surface area contributed by atoms with E-state index in [9.17, 15) is 14.4 Å². The van der Waals surface area contributed by atoms with Crippen LogP contribution in [0.5, 0.6) is 5.75 Å². The van der Waals surface area contributed by atoms with Crippen LogP contribution in [0.2, 0.25) is 5.15 Å². The molecule has 4 aromatic rings. The van der Waals surface area contributed by atoms with Crippen LogP contribution in [0.25, 0.3) is 11.0 Å². The number of amides is 3. The van der Waals surface area contributed by atoms with Crippen molar-refractivity contribution in [3.8, 4) is 5.75 Å². The number of rotatable bonds is 11. The summed E-state index contributed by atoms with van der Waals surface area (Å²) in [4.78, 5) is 50.0. The average Bonchev–Trinajstić information content (AvgIpc) is 3.76. The standard InChI is InChI=1S/C34H40ClN9O6/c1-2-43-25-11-10-23(49-21-28(45)41-12-14-42(15-13-41)34(47)50-20-22-7-4-3-5-8-22)17-26(25)44(19-24-9-6-16-48-24)27(43)18-38-33(46)29-31(36)40-32(37)30(35)39-29/h3-5,7-8,10-11,17,24H,2,6,9,12-16,18-21H2,1H3,(H4-,36,37,38,40,46)/p+1. The van der Waals surface area contributed by atoms with Gasteiger partial charge in [-0.05, 0) is 37.5 Å². The lowest BCUT2D eigenvalue weighted by Gasteiger charge is -2.34. The van der Waals surface area contributed by atoms with E-state index in [0.29, 0.717) is 51.6 Å². The Morgan fingerprint density at radius 1 is 1.04 bits per heavy atom. The second-order valence-electron chi connectivity index (χ2n) is 12.1. The molecule has 4 heterocycles. The number of piperazine rings is 1. The molecule has 2 saturated heterocycles. The third kappa shape index (κ3) is 7.84. The lowest BCUT2D eigenvalue weighted by atomic mass is 10.2. The van der Waals surface area contributed by atoms with Crippen LogP contribution < -0.4 is 26.1 Å². The number of ether oxygens (including phenoxy) is 3. The minimum absolute atomic E-state index is 0.00298. The van der Waals surface area contributed by atoms with Gasteiger partial charge >= 0.3 is 6.09 Å². The molecule has 50 heavy (non-hydrogen) atoms. The van der Waals surface area contributed by atoms with Gasteiger partial charge in [-0.25, -0.2) is 23.9 Å². The van der Waals surface area contributed by atoms with Crippen LogP contribution in [0.15, 0.2) is 48.5 Å². The smallest absolute Gasteiger partial charge is 0.410 e. The number of nitrogens with one attached hydrogen (secondary N) is 1. The number of carbonyl (C=O) groups is 3. The molecule has 1 unspecified atom stereocenters. The molecule has 3 amide bonds. The maximum Gasteiger partial charge on any atom is 0.410 e. The van der Waals surface area contributed by atoms with Crippen molar-refractivity contribution >= 4 is 52.2 Å². The summed E-state index contributed by atoms with van der Waals surface area (Å²) in [5, 5.41) is 2.80. The van der Waals surface area contributed by atoms with Gasteiger partial charge in [0.2, 0.25) is 0 Å². The summed E-state index contributed by atoms with van der Waals surface area (Å²) in [7, 11) is 0. The van der Waals surface area contributed by atoms with Crippen LogP contribution in [0.1, 0.15) is 41.6 Å². The van der Waals surface area contributed by atoms with E-state index in [0.717, 1.165) is 35.3 Å². The molecule has 0 spiro atoms. The largest absolute Gasteiger partial charge is 0.484 e. The van der Waals surface area contributed by atoms with Crippen molar-refractivity contribution in [3.63, 3.8) is 0 Å². The highest BCUT2D eigenvalue weighted by atomic mass is 35.5. The van der Waals surface area contributed by atoms with Crippen LogP contribution in [0.4, 0.5) is 16.4 Å². The van der Waals surface area contributed by atoms with Gasteiger partial charge in [0.25, 0.3) is 17.6 Å². The van der Waals surface area contributed by atoms with E-state index < -0.39 is 12.0 Å². The first-order valence-corrected chi connectivity index (χ1v) is 17.0. The van der Waals surface area contributed by atoms with Gasteiger partial charge in [-0.1, -0.05) is 41.9 Å². The highest BCUT2D eigenvalue weighted by molar-refractivity contribution is 6.31.